The second-order valence-corrected chi connectivity index (χ2v) is 5.11. The van der Waals surface area contributed by atoms with Crippen molar-refractivity contribution in [2.24, 2.45) is 0 Å². The summed E-state index contributed by atoms with van der Waals surface area (Å²) in [6, 6.07) is 14.3. The molecule has 0 bridgehead atoms. The van der Waals surface area contributed by atoms with Crippen molar-refractivity contribution in [1.82, 2.24) is 9.97 Å². The molecule has 3 N–H and O–H groups in total. The molecule has 0 radical (unpaired) electrons. The number of anilines is 1. The predicted molar refractivity (Wildman–Crippen MR) is 90.1 cm³/mol. The van der Waals surface area contributed by atoms with Gasteiger partial charge in [-0.2, -0.15) is 0 Å². The molecule has 1 aromatic heterocycles. The third-order valence-corrected chi connectivity index (χ3v) is 3.56. The Morgan fingerprint density at radius 2 is 1.91 bits per heavy atom. The number of aromatic nitrogens is 2. The standard InChI is InChI=1S/C16H13N3O2S/c20-9-10-5-1-3-7-12(10)18-16(22)14-17-13-8-4-2-6-11(13)15(21)19-14/h1-8,20H,9H2,(H,18,22)(H,17,19,21). The molecular formula is C16H13N3O2S. The zero-order valence-corrected chi connectivity index (χ0v) is 12.4. The van der Waals surface area contributed by atoms with Crippen LogP contribution < -0.4 is 10.9 Å². The SMILES string of the molecule is O=c1[nH]c(C(=S)Nc2ccccc2CO)nc2ccccc12. The summed E-state index contributed by atoms with van der Waals surface area (Å²) in [6.07, 6.45) is 0. The van der Waals surface area contributed by atoms with Crippen molar-refractivity contribution in [3.05, 3.63) is 70.3 Å². The molecule has 110 valence electrons. The number of aromatic amines is 1. The number of aliphatic hydroxyl groups is 1. The molecule has 0 spiro atoms. The molecule has 1 heterocycles. The maximum Gasteiger partial charge on any atom is 0.259 e. The molecule has 0 aliphatic rings. The fourth-order valence-corrected chi connectivity index (χ4v) is 2.36. The third kappa shape index (κ3) is 2.74. The number of aliphatic hydroxyl groups excluding tert-OH is 1. The minimum absolute atomic E-state index is 0.104. The first-order chi connectivity index (χ1) is 10.7. The van der Waals surface area contributed by atoms with E-state index < -0.39 is 0 Å². The van der Waals surface area contributed by atoms with Crippen molar-refractivity contribution < 1.29 is 5.11 Å². The topological polar surface area (TPSA) is 78.0 Å². The molecule has 2 aromatic carbocycles. The molecule has 0 unspecified atom stereocenters. The van der Waals surface area contributed by atoms with Gasteiger partial charge in [0.2, 0.25) is 0 Å². The molecule has 5 nitrogen and oxygen atoms in total. The van der Waals surface area contributed by atoms with Gasteiger partial charge in [-0.25, -0.2) is 4.98 Å². The highest BCUT2D eigenvalue weighted by Gasteiger charge is 2.09. The van der Waals surface area contributed by atoms with Gasteiger partial charge >= 0.3 is 0 Å². The molecule has 0 saturated carbocycles. The average molecular weight is 311 g/mol. The van der Waals surface area contributed by atoms with Gasteiger partial charge in [0.1, 0.15) is 4.99 Å². The summed E-state index contributed by atoms with van der Waals surface area (Å²) in [7, 11) is 0. The second kappa shape index (κ2) is 6.05. The van der Waals surface area contributed by atoms with Crippen LogP contribution in [0.4, 0.5) is 5.69 Å². The van der Waals surface area contributed by atoms with Crippen LogP contribution in [0.2, 0.25) is 0 Å². The molecule has 0 saturated heterocycles. The van der Waals surface area contributed by atoms with Crippen LogP contribution in [0, 0.1) is 0 Å². The summed E-state index contributed by atoms with van der Waals surface area (Å²) >= 11 is 5.31. The number of hydrogen-bond acceptors (Lipinski definition) is 4. The number of para-hydroxylation sites is 2. The summed E-state index contributed by atoms with van der Waals surface area (Å²) in [4.78, 5) is 19.4. The van der Waals surface area contributed by atoms with Crippen molar-refractivity contribution in [2.45, 2.75) is 6.61 Å². The maximum absolute atomic E-state index is 12.1. The number of hydrogen-bond donors (Lipinski definition) is 3. The lowest BCUT2D eigenvalue weighted by atomic mass is 10.2. The predicted octanol–water partition coefficient (Wildman–Crippen LogP) is 2.20. The Morgan fingerprint density at radius 3 is 2.73 bits per heavy atom. The van der Waals surface area contributed by atoms with E-state index >= 15 is 0 Å². The first kappa shape index (κ1) is 14.4. The summed E-state index contributed by atoms with van der Waals surface area (Å²) < 4.78 is 0. The van der Waals surface area contributed by atoms with Gasteiger partial charge in [0.25, 0.3) is 5.56 Å². The van der Waals surface area contributed by atoms with E-state index in [-0.39, 0.29) is 12.2 Å². The van der Waals surface area contributed by atoms with E-state index in [4.69, 9.17) is 12.2 Å². The van der Waals surface area contributed by atoms with Crippen LogP contribution >= 0.6 is 12.2 Å². The molecular weight excluding hydrogens is 298 g/mol. The number of nitrogens with zero attached hydrogens (tertiary/aromatic N) is 1. The van der Waals surface area contributed by atoms with Gasteiger partial charge in [-0.15, -0.1) is 0 Å². The number of nitrogens with one attached hydrogen (secondary N) is 2. The summed E-state index contributed by atoms with van der Waals surface area (Å²) in [5.74, 6) is 0.298. The second-order valence-electron chi connectivity index (χ2n) is 4.70. The minimum atomic E-state index is -0.236. The highest BCUT2D eigenvalue weighted by atomic mass is 32.1. The van der Waals surface area contributed by atoms with Crippen molar-refractivity contribution in [1.29, 1.82) is 0 Å². The van der Waals surface area contributed by atoms with Crippen LogP contribution in [0.5, 0.6) is 0 Å². The minimum Gasteiger partial charge on any atom is -0.392 e. The number of rotatable bonds is 3. The molecule has 0 aliphatic carbocycles. The Balaban J connectivity index is 1.97. The summed E-state index contributed by atoms with van der Waals surface area (Å²) in [6.45, 7) is -0.104. The van der Waals surface area contributed by atoms with Gasteiger partial charge in [-0.3, -0.25) is 4.79 Å². The smallest absolute Gasteiger partial charge is 0.259 e. The van der Waals surface area contributed by atoms with E-state index in [0.29, 0.717) is 33.0 Å². The Bertz CT molecular complexity index is 905. The highest BCUT2D eigenvalue weighted by molar-refractivity contribution is 7.81. The lowest BCUT2D eigenvalue weighted by Gasteiger charge is -2.11. The number of fused-ring (bicyclic) bond motifs is 1. The molecule has 3 aromatic rings. The number of benzene rings is 2. The average Bonchev–Trinajstić information content (AvgIpc) is 2.55. The molecule has 0 atom stereocenters. The van der Waals surface area contributed by atoms with Crippen molar-refractivity contribution >= 4 is 33.8 Å². The molecule has 6 heteroatoms. The van der Waals surface area contributed by atoms with Crippen LogP contribution in [0.3, 0.4) is 0 Å². The van der Waals surface area contributed by atoms with Crippen LogP contribution in [-0.4, -0.2) is 20.1 Å². The summed E-state index contributed by atoms with van der Waals surface area (Å²) in [5, 5.41) is 12.9. The van der Waals surface area contributed by atoms with Gasteiger partial charge in [-0.05, 0) is 18.2 Å². The van der Waals surface area contributed by atoms with E-state index in [1.807, 2.05) is 18.2 Å². The van der Waals surface area contributed by atoms with Crippen LogP contribution in [0.15, 0.2) is 53.3 Å². The van der Waals surface area contributed by atoms with Crippen molar-refractivity contribution in [3.63, 3.8) is 0 Å². The van der Waals surface area contributed by atoms with Crippen LogP contribution in [0.1, 0.15) is 11.4 Å². The number of H-pyrrole nitrogens is 1. The van der Waals surface area contributed by atoms with Gasteiger partial charge in [0, 0.05) is 11.3 Å². The first-order valence-electron chi connectivity index (χ1n) is 6.68. The third-order valence-electron chi connectivity index (χ3n) is 3.26. The monoisotopic (exact) mass is 311 g/mol. The molecule has 22 heavy (non-hydrogen) atoms. The molecule has 0 aliphatic heterocycles. The van der Waals surface area contributed by atoms with Gasteiger partial charge in [-0.1, -0.05) is 42.5 Å². The number of thiocarbonyl (C=S) groups is 1. The van der Waals surface area contributed by atoms with Gasteiger partial charge in [0.15, 0.2) is 5.82 Å². The van der Waals surface area contributed by atoms with E-state index in [2.05, 4.69) is 15.3 Å². The Morgan fingerprint density at radius 1 is 1.18 bits per heavy atom. The van der Waals surface area contributed by atoms with Crippen LogP contribution in [-0.2, 0) is 6.61 Å². The maximum atomic E-state index is 12.1. The van der Waals surface area contributed by atoms with Crippen molar-refractivity contribution in [3.8, 4) is 0 Å². The molecule has 3 rings (SSSR count). The molecule has 0 amide bonds. The Hall–Kier alpha value is -2.57. The fraction of sp³-hybridized carbons (Fsp3) is 0.0625. The Labute approximate surface area is 131 Å². The first-order valence-corrected chi connectivity index (χ1v) is 7.09. The van der Waals surface area contributed by atoms with E-state index in [9.17, 15) is 9.90 Å². The van der Waals surface area contributed by atoms with Gasteiger partial charge < -0.3 is 15.4 Å². The zero-order chi connectivity index (χ0) is 15.5. The quantitative estimate of drug-likeness (QED) is 0.646. The summed E-state index contributed by atoms with van der Waals surface area (Å²) in [5.41, 5.74) is 1.75. The fourth-order valence-electron chi connectivity index (χ4n) is 2.16. The molecule has 0 fully saturated rings. The van der Waals surface area contributed by atoms with Crippen molar-refractivity contribution in [2.75, 3.05) is 5.32 Å². The van der Waals surface area contributed by atoms with Gasteiger partial charge in [0.05, 0.1) is 17.5 Å². The Kier molecular flexibility index (Phi) is 3.95. The van der Waals surface area contributed by atoms with E-state index in [1.165, 1.54) is 0 Å². The largest absolute Gasteiger partial charge is 0.392 e. The lowest BCUT2D eigenvalue weighted by molar-refractivity contribution is 0.282. The lowest BCUT2D eigenvalue weighted by Crippen LogP contribution is -2.20. The normalized spacial score (nSPS) is 10.6. The van der Waals surface area contributed by atoms with Crippen LogP contribution in [0.25, 0.3) is 10.9 Å². The zero-order valence-electron chi connectivity index (χ0n) is 11.5. The van der Waals surface area contributed by atoms with E-state index in [1.54, 1.807) is 30.3 Å². The van der Waals surface area contributed by atoms with E-state index in [0.717, 1.165) is 0 Å². The highest BCUT2D eigenvalue weighted by Crippen LogP contribution is 2.16.